The lowest BCUT2D eigenvalue weighted by Crippen LogP contribution is -2.52. The number of piperidine rings is 1. The highest BCUT2D eigenvalue weighted by Crippen LogP contribution is 2.26. The van der Waals surface area contributed by atoms with E-state index in [2.05, 4.69) is 0 Å². The number of carbonyl (C=O) groups excluding carboxylic acids is 1. The van der Waals surface area contributed by atoms with Crippen molar-refractivity contribution in [3.8, 4) is 5.75 Å². The number of rotatable bonds is 5. The van der Waals surface area contributed by atoms with E-state index in [1.165, 1.54) is 12.1 Å². The normalized spacial score (nSPS) is 19.5. The highest BCUT2D eigenvalue weighted by atomic mass is 16.6. The summed E-state index contributed by atoms with van der Waals surface area (Å²) in [6, 6.07) is 5.95. The van der Waals surface area contributed by atoms with Gasteiger partial charge in [-0.2, -0.15) is 0 Å². The average Bonchev–Trinajstić information content (AvgIpc) is 2.52. The van der Waals surface area contributed by atoms with Crippen molar-refractivity contribution in [3.05, 3.63) is 34.4 Å². The summed E-state index contributed by atoms with van der Waals surface area (Å²) in [5, 5.41) is 10.9. The Kier molecular flexibility index (Phi) is 5.32. The number of nitro groups is 1. The Morgan fingerprint density at radius 1 is 1.50 bits per heavy atom. The van der Waals surface area contributed by atoms with Crippen LogP contribution in [-0.4, -0.2) is 41.0 Å². The maximum absolute atomic E-state index is 12.3. The van der Waals surface area contributed by atoms with E-state index in [1.54, 1.807) is 17.0 Å². The molecule has 1 heterocycles. The minimum Gasteiger partial charge on any atom is -0.477 e. The second-order valence-corrected chi connectivity index (χ2v) is 5.52. The number of nitrogens with two attached hydrogens (primary N) is 1. The number of para-hydroxylation sites is 2. The molecule has 2 atom stereocenters. The predicted octanol–water partition coefficient (Wildman–Crippen LogP) is 1.70. The van der Waals surface area contributed by atoms with Gasteiger partial charge in [-0.3, -0.25) is 14.9 Å². The van der Waals surface area contributed by atoms with Crippen molar-refractivity contribution in [1.82, 2.24) is 4.90 Å². The number of hydrogen-bond donors (Lipinski definition) is 1. The number of ether oxygens (including phenoxy) is 1. The van der Waals surface area contributed by atoms with Crippen molar-refractivity contribution in [3.63, 3.8) is 0 Å². The van der Waals surface area contributed by atoms with Crippen LogP contribution in [-0.2, 0) is 4.79 Å². The number of hydrogen-bond acceptors (Lipinski definition) is 5. The van der Waals surface area contributed by atoms with Crippen molar-refractivity contribution in [2.24, 2.45) is 5.73 Å². The van der Waals surface area contributed by atoms with E-state index >= 15 is 0 Å². The van der Waals surface area contributed by atoms with E-state index in [1.807, 2.05) is 6.92 Å². The Labute approximate surface area is 129 Å². The lowest BCUT2D eigenvalue weighted by atomic mass is 9.97. The zero-order valence-electron chi connectivity index (χ0n) is 12.6. The lowest BCUT2D eigenvalue weighted by Gasteiger charge is -2.37. The summed E-state index contributed by atoms with van der Waals surface area (Å²) in [6.07, 6.45) is 2.89. The number of carbonyl (C=O) groups is 1. The maximum Gasteiger partial charge on any atom is 0.310 e. The molecule has 2 N–H and O–H groups in total. The van der Waals surface area contributed by atoms with Gasteiger partial charge in [0.2, 0.25) is 0 Å². The Hall–Kier alpha value is -2.15. The summed E-state index contributed by atoms with van der Waals surface area (Å²) in [7, 11) is 0. The van der Waals surface area contributed by atoms with E-state index in [0.29, 0.717) is 6.54 Å². The van der Waals surface area contributed by atoms with Crippen LogP contribution in [0.15, 0.2) is 24.3 Å². The molecule has 1 aliphatic heterocycles. The van der Waals surface area contributed by atoms with Gasteiger partial charge in [0.15, 0.2) is 12.4 Å². The zero-order valence-corrected chi connectivity index (χ0v) is 12.6. The molecule has 2 unspecified atom stereocenters. The van der Waals surface area contributed by atoms with Crippen LogP contribution in [0.4, 0.5) is 5.69 Å². The minimum absolute atomic E-state index is 0.00982. The van der Waals surface area contributed by atoms with Gasteiger partial charge < -0.3 is 15.4 Å². The molecule has 0 aliphatic carbocycles. The molecular formula is C15H21N3O4. The van der Waals surface area contributed by atoms with Gasteiger partial charge in [-0.25, -0.2) is 0 Å². The second-order valence-electron chi connectivity index (χ2n) is 5.52. The first kappa shape index (κ1) is 16.2. The third-order valence-corrected chi connectivity index (χ3v) is 3.89. The number of likely N-dealkylation sites (tertiary alicyclic amines) is 1. The molecular weight excluding hydrogens is 286 g/mol. The molecule has 7 nitrogen and oxygen atoms in total. The van der Waals surface area contributed by atoms with Gasteiger partial charge in [0.25, 0.3) is 5.91 Å². The molecule has 1 aliphatic rings. The summed E-state index contributed by atoms with van der Waals surface area (Å²) >= 11 is 0. The summed E-state index contributed by atoms with van der Waals surface area (Å²) in [5.74, 6) is -0.0737. The number of amides is 1. The molecule has 0 spiro atoms. The van der Waals surface area contributed by atoms with Gasteiger partial charge in [-0.1, -0.05) is 12.1 Å². The summed E-state index contributed by atoms with van der Waals surface area (Å²) in [6.45, 7) is 2.33. The molecule has 0 radical (unpaired) electrons. The van der Waals surface area contributed by atoms with Crippen LogP contribution in [0, 0.1) is 10.1 Å². The fourth-order valence-corrected chi connectivity index (χ4v) is 2.77. The van der Waals surface area contributed by atoms with E-state index in [9.17, 15) is 14.9 Å². The molecule has 0 aromatic heterocycles. The maximum atomic E-state index is 12.3. The fraction of sp³-hybridized carbons (Fsp3) is 0.533. The van der Waals surface area contributed by atoms with E-state index in [0.717, 1.165) is 19.3 Å². The molecule has 1 aromatic rings. The van der Waals surface area contributed by atoms with Gasteiger partial charge in [-0.05, 0) is 32.3 Å². The van der Waals surface area contributed by atoms with Crippen LogP contribution in [0.3, 0.4) is 0 Å². The Bertz CT molecular complexity index is 547. The highest BCUT2D eigenvalue weighted by molar-refractivity contribution is 5.78. The van der Waals surface area contributed by atoms with Crippen LogP contribution >= 0.6 is 0 Å². The Balaban J connectivity index is 2.02. The Morgan fingerprint density at radius 3 is 2.91 bits per heavy atom. The van der Waals surface area contributed by atoms with Crippen LogP contribution in [0.2, 0.25) is 0 Å². The first-order chi connectivity index (χ1) is 10.5. The standard InChI is InChI=1S/C15H21N3O4/c1-11(16)12-6-4-5-9-17(12)15(19)10-22-14-8-3-2-7-13(14)18(20)21/h2-3,7-8,11-12H,4-6,9-10,16H2,1H3. The Morgan fingerprint density at radius 2 is 2.23 bits per heavy atom. The van der Waals surface area contributed by atoms with Gasteiger partial charge >= 0.3 is 5.69 Å². The monoisotopic (exact) mass is 307 g/mol. The van der Waals surface area contributed by atoms with E-state index in [-0.39, 0.29) is 36.0 Å². The highest BCUT2D eigenvalue weighted by Gasteiger charge is 2.29. The van der Waals surface area contributed by atoms with Gasteiger partial charge in [0.05, 0.1) is 4.92 Å². The molecule has 2 rings (SSSR count). The second kappa shape index (κ2) is 7.22. The predicted molar refractivity (Wildman–Crippen MR) is 81.6 cm³/mol. The van der Waals surface area contributed by atoms with Gasteiger partial charge in [0, 0.05) is 24.7 Å². The fourth-order valence-electron chi connectivity index (χ4n) is 2.77. The molecule has 7 heteroatoms. The largest absolute Gasteiger partial charge is 0.477 e. The van der Waals surface area contributed by atoms with Crippen molar-refractivity contribution < 1.29 is 14.5 Å². The number of nitro benzene ring substituents is 1. The third-order valence-electron chi connectivity index (χ3n) is 3.89. The molecule has 1 saturated heterocycles. The van der Waals surface area contributed by atoms with Crippen LogP contribution in [0.1, 0.15) is 26.2 Å². The first-order valence-electron chi connectivity index (χ1n) is 7.42. The topological polar surface area (TPSA) is 98.7 Å². The van der Waals surface area contributed by atoms with Crippen molar-refractivity contribution in [2.75, 3.05) is 13.2 Å². The van der Waals surface area contributed by atoms with E-state index in [4.69, 9.17) is 10.5 Å². The molecule has 120 valence electrons. The van der Waals surface area contributed by atoms with Crippen molar-refractivity contribution >= 4 is 11.6 Å². The van der Waals surface area contributed by atoms with Crippen LogP contribution in [0.25, 0.3) is 0 Å². The van der Waals surface area contributed by atoms with Crippen LogP contribution in [0.5, 0.6) is 5.75 Å². The summed E-state index contributed by atoms with van der Waals surface area (Å²) in [4.78, 5) is 24.5. The number of benzene rings is 1. The minimum atomic E-state index is -0.522. The van der Waals surface area contributed by atoms with Gasteiger partial charge in [-0.15, -0.1) is 0 Å². The number of nitrogens with zero attached hydrogens (tertiary/aromatic N) is 2. The molecule has 22 heavy (non-hydrogen) atoms. The molecule has 1 aromatic carbocycles. The zero-order chi connectivity index (χ0) is 16.1. The molecule has 0 bridgehead atoms. The molecule has 1 fully saturated rings. The summed E-state index contributed by atoms with van der Waals surface area (Å²) < 4.78 is 5.37. The van der Waals surface area contributed by atoms with Crippen molar-refractivity contribution in [1.29, 1.82) is 0 Å². The SMILES string of the molecule is CC(N)C1CCCCN1C(=O)COc1ccccc1[N+](=O)[O-]. The van der Waals surface area contributed by atoms with Crippen LogP contribution < -0.4 is 10.5 Å². The summed E-state index contributed by atoms with van der Waals surface area (Å²) in [5.41, 5.74) is 5.80. The molecule has 1 amide bonds. The third kappa shape index (κ3) is 3.73. The van der Waals surface area contributed by atoms with Crippen molar-refractivity contribution in [2.45, 2.75) is 38.3 Å². The van der Waals surface area contributed by atoms with E-state index < -0.39 is 4.92 Å². The quantitative estimate of drug-likeness (QED) is 0.659. The van der Waals surface area contributed by atoms with Gasteiger partial charge in [0.1, 0.15) is 0 Å². The smallest absolute Gasteiger partial charge is 0.310 e. The average molecular weight is 307 g/mol. The first-order valence-corrected chi connectivity index (χ1v) is 7.42. The molecule has 0 saturated carbocycles. The lowest BCUT2D eigenvalue weighted by molar-refractivity contribution is -0.385.